The molecule has 0 fully saturated rings. The van der Waals surface area contributed by atoms with Crippen LogP contribution in [0.3, 0.4) is 0 Å². The number of hydrogen-bond donors (Lipinski definition) is 2. The van der Waals surface area contributed by atoms with Gasteiger partial charge in [-0.15, -0.1) is 22.6 Å². The quantitative estimate of drug-likeness (QED) is 0.214. The van der Waals surface area contributed by atoms with E-state index >= 15 is 0 Å². The van der Waals surface area contributed by atoms with Gasteiger partial charge < -0.3 is 5.32 Å². The maximum Gasteiger partial charge on any atom is 0.241 e. The first-order chi connectivity index (χ1) is 17.8. The van der Waals surface area contributed by atoms with Crippen LogP contribution in [0.2, 0.25) is 10.0 Å². The van der Waals surface area contributed by atoms with Gasteiger partial charge in [-0.05, 0) is 48.4 Å². The summed E-state index contributed by atoms with van der Waals surface area (Å²) in [6, 6.07) is 21.7. The molecule has 2 aromatic heterocycles. The smallest absolute Gasteiger partial charge is 0.241 e. The topological polar surface area (TPSA) is 96.9 Å². The summed E-state index contributed by atoms with van der Waals surface area (Å²) in [5.74, 6) is 0.538. The zero-order valence-corrected chi connectivity index (χ0v) is 23.2. The maximum atomic E-state index is 13.2. The second-order valence-corrected chi connectivity index (χ2v) is 10.9. The Morgan fingerprint density at radius 2 is 1.66 bits per heavy atom. The lowest BCUT2D eigenvalue weighted by molar-refractivity contribution is 0.580. The molecule has 5 rings (SSSR count). The van der Waals surface area contributed by atoms with Gasteiger partial charge in [0.15, 0.2) is 5.82 Å². The summed E-state index contributed by atoms with van der Waals surface area (Å²) >= 11 is 12.2. The van der Waals surface area contributed by atoms with Crippen molar-refractivity contribution in [1.29, 1.82) is 0 Å². The Labute approximate surface area is 236 Å². The fraction of sp³-hybridized carbons (Fsp3) is 0.0741. The van der Waals surface area contributed by atoms with E-state index in [-0.39, 0.29) is 23.8 Å². The van der Waals surface area contributed by atoms with Crippen molar-refractivity contribution in [2.24, 2.45) is 0 Å². The van der Waals surface area contributed by atoms with Crippen LogP contribution in [0.4, 0.5) is 11.5 Å². The maximum absolute atomic E-state index is 13.2. The summed E-state index contributed by atoms with van der Waals surface area (Å²) in [4.78, 5) is 4.21. The summed E-state index contributed by atoms with van der Waals surface area (Å²) in [6.45, 7) is 1.90. The third kappa shape index (κ3) is 5.90. The lowest BCUT2D eigenvalue weighted by atomic mass is 10.0. The lowest BCUT2D eigenvalue weighted by Gasteiger charge is -2.14. The number of nitrogens with zero attached hydrogens (tertiary/aromatic N) is 3. The van der Waals surface area contributed by atoms with Crippen LogP contribution in [-0.4, -0.2) is 23.6 Å². The largest absolute Gasteiger partial charge is 0.338 e. The molecule has 0 spiro atoms. The van der Waals surface area contributed by atoms with Crippen molar-refractivity contribution in [2.75, 3.05) is 5.32 Å². The van der Waals surface area contributed by atoms with Crippen molar-refractivity contribution >= 4 is 67.9 Å². The lowest BCUT2D eigenvalue weighted by Crippen LogP contribution is -2.24. The molecule has 0 saturated heterocycles. The number of hydrogen-bond acceptors (Lipinski definition) is 6. The highest BCUT2D eigenvalue weighted by Crippen LogP contribution is 2.34. The van der Waals surface area contributed by atoms with Gasteiger partial charge in [0.25, 0.3) is 0 Å². The summed E-state index contributed by atoms with van der Waals surface area (Å²) in [5, 5.41) is 14.6. The molecule has 0 radical (unpaired) electrons. The van der Waals surface area contributed by atoms with Crippen molar-refractivity contribution < 1.29 is 8.42 Å². The number of anilines is 2. The number of aromatic nitrogens is 3. The molecule has 194 valence electrons. The van der Waals surface area contributed by atoms with E-state index in [9.17, 15) is 8.42 Å². The molecule has 0 aliphatic carbocycles. The summed E-state index contributed by atoms with van der Waals surface area (Å²) in [6.07, 6.45) is 3.27. The highest BCUT2D eigenvalue weighted by atomic mass is 35.5. The summed E-state index contributed by atoms with van der Waals surface area (Å²) < 4.78 is 29.0. The standard InChI is InChI=1S/C27H21Cl2N5O2S.ClH/c1-17-8-9-19(13-25(17)37(35,36)31-16-18-5-4-12-30-15-18)26-21-6-2-3-7-22(21)27(34-33-26)32-20-10-11-23(28)24(29)14-20;/h2-15,31H,16H2,1H3,(H,32,34);1H. The number of halogens is 3. The molecule has 2 heterocycles. The fourth-order valence-electron chi connectivity index (χ4n) is 3.92. The van der Waals surface area contributed by atoms with Crippen molar-refractivity contribution in [3.05, 3.63) is 106 Å². The summed E-state index contributed by atoms with van der Waals surface area (Å²) in [7, 11) is -3.79. The molecule has 0 aliphatic heterocycles. The highest BCUT2D eigenvalue weighted by Gasteiger charge is 2.19. The van der Waals surface area contributed by atoms with Crippen LogP contribution in [0.1, 0.15) is 11.1 Å². The van der Waals surface area contributed by atoms with Crippen molar-refractivity contribution in [1.82, 2.24) is 19.9 Å². The molecule has 3 aromatic carbocycles. The number of aryl methyl sites for hydroxylation is 1. The number of fused-ring (bicyclic) bond motifs is 1. The van der Waals surface area contributed by atoms with E-state index in [1.54, 1.807) is 55.7 Å². The third-order valence-electron chi connectivity index (χ3n) is 5.81. The van der Waals surface area contributed by atoms with Crippen molar-refractivity contribution in [3.63, 3.8) is 0 Å². The van der Waals surface area contributed by atoms with Gasteiger partial charge in [0, 0.05) is 41.0 Å². The van der Waals surface area contributed by atoms with Crippen LogP contribution in [0.5, 0.6) is 0 Å². The predicted octanol–water partition coefficient (Wildman–Crippen LogP) is 6.95. The minimum Gasteiger partial charge on any atom is -0.338 e. The normalized spacial score (nSPS) is 11.2. The monoisotopic (exact) mass is 585 g/mol. The Morgan fingerprint density at radius 3 is 2.39 bits per heavy atom. The van der Waals surface area contributed by atoms with E-state index in [2.05, 4.69) is 25.2 Å². The van der Waals surface area contributed by atoms with Gasteiger partial charge >= 0.3 is 0 Å². The van der Waals surface area contributed by atoms with E-state index in [1.165, 1.54) is 0 Å². The molecule has 11 heteroatoms. The molecule has 7 nitrogen and oxygen atoms in total. The average Bonchev–Trinajstić information content (AvgIpc) is 2.91. The first-order valence-corrected chi connectivity index (χ1v) is 13.5. The SMILES string of the molecule is Cc1ccc(-c2nnc(Nc3ccc(Cl)c(Cl)c3)c3ccccc23)cc1S(=O)(=O)NCc1cccnc1.Cl. The van der Waals surface area contributed by atoms with Gasteiger partial charge in [-0.1, -0.05) is 65.7 Å². The second kappa shape index (κ2) is 11.6. The Bertz CT molecular complexity index is 1720. The number of rotatable bonds is 7. The van der Waals surface area contributed by atoms with Gasteiger partial charge in [0.1, 0.15) is 5.69 Å². The zero-order chi connectivity index (χ0) is 26.0. The number of benzene rings is 3. The predicted molar refractivity (Wildman–Crippen MR) is 155 cm³/mol. The Kier molecular flexibility index (Phi) is 8.50. The zero-order valence-electron chi connectivity index (χ0n) is 20.0. The van der Waals surface area contributed by atoms with Crippen LogP contribution >= 0.6 is 35.6 Å². The minimum atomic E-state index is -3.79. The molecule has 0 unspecified atom stereocenters. The van der Waals surface area contributed by atoms with Crippen LogP contribution in [-0.2, 0) is 16.6 Å². The van der Waals surface area contributed by atoms with Crippen molar-refractivity contribution in [2.45, 2.75) is 18.4 Å². The molecule has 0 atom stereocenters. The molecular formula is C27H22Cl3N5O2S. The van der Waals surface area contributed by atoms with E-state index in [1.807, 2.05) is 36.4 Å². The van der Waals surface area contributed by atoms with Gasteiger partial charge in [0.05, 0.1) is 14.9 Å². The molecular weight excluding hydrogens is 565 g/mol. The van der Waals surface area contributed by atoms with Gasteiger partial charge in [-0.2, -0.15) is 0 Å². The highest BCUT2D eigenvalue weighted by molar-refractivity contribution is 7.89. The first-order valence-electron chi connectivity index (χ1n) is 11.3. The molecule has 0 amide bonds. The van der Waals surface area contributed by atoms with Crippen molar-refractivity contribution in [3.8, 4) is 11.3 Å². The van der Waals surface area contributed by atoms with Crippen LogP contribution < -0.4 is 10.0 Å². The number of nitrogens with one attached hydrogen (secondary N) is 2. The molecule has 0 saturated carbocycles. The van der Waals surface area contributed by atoms with E-state index < -0.39 is 10.0 Å². The molecule has 2 N–H and O–H groups in total. The Hall–Kier alpha value is -3.27. The van der Waals surface area contributed by atoms with E-state index in [0.29, 0.717) is 38.4 Å². The Balaban J connectivity index is 0.00000336. The molecule has 5 aromatic rings. The number of sulfonamides is 1. The molecule has 0 aliphatic rings. The Morgan fingerprint density at radius 1 is 0.868 bits per heavy atom. The minimum absolute atomic E-state index is 0. The average molecular weight is 587 g/mol. The third-order valence-corrected chi connectivity index (χ3v) is 8.09. The van der Waals surface area contributed by atoms with Gasteiger partial charge in [-0.3, -0.25) is 4.98 Å². The van der Waals surface area contributed by atoms with Gasteiger partial charge in [0.2, 0.25) is 10.0 Å². The number of pyridine rings is 1. The fourth-order valence-corrected chi connectivity index (χ4v) is 5.50. The summed E-state index contributed by atoms with van der Waals surface area (Å²) in [5.41, 5.74) is 3.31. The van der Waals surface area contributed by atoms with E-state index in [4.69, 9.17) is 23.2 Å². The first kappa shape index (κ1) is 27.8. The molecule has 38 heavy (non-hydrogen) atoms. The van der Waals surface area contributed by atoms with Crippen LogP contribution in [0, 0.1) is 6.92 Å². The van der Waals surface area contributed by atoms with Gasteiger partial charge in [-0.25, -0.2) is 13.1 Å². The molecule has 0 bridgehead atoms. The van der Waals surface area contributed by atoms with Crippen LogP contribution in [0.25, 0.3) is 22.0 Å². The van der Waals surface area contributed by atoms with E-state index in [0.717, 1.165) is 16.3 Å². The second-order valence-electron chi connectivity index (χ2n) is 8.36. The van der Waals surface area contributed by atoms with Crippen LogP contribution in [0.15, 0.2) is 90.1 Å².